The second-order valence-electron chi connectivity index (χ2n) is 9.44. The number of carbonyl (C=O) groups is 2. The van der Waals surface area contributed by atoms with Crippen LogP contribution in [0, 0.1) is 5.92 Å². The third kappa shape index (κ3) is 21.7. The van der Waals surface area contributed by atoms with E-state index in [9.17, 15) is 9.59 Å². The Morgan fingerprint density at radius 1 is 0.793 bits per heavy atom. The number of hydrogen-bond acceptors (Lipinski definition) is 4. The lowest BCUT2D eigenvalue weighted by Gasteiger charge is -2.28. The van der Waals surface area contributed by atoms with Crippen molar-refractivity contribution in [3.63, 3.8) is 0 Å². The first-order valence-corrected chi connectivity index (χ1v) is 11.3. The maximum absolute atomic E-state index is 12.2. The van der Waals surface area contributed by atoms with Crippen LogP contribution in [0.4, 0.5) is 0 Å². The average Bonchev–Trinajstić information content (AvgIpc) is 2.54. The van der Waals surface area contributed by atoms with Gasteiger partial charge in [-0.05, 0) is 12.3 Å². The molecule has 0 aliphatic heterocycles. The molecule has 174 valence electrons. The van der Waals surface area contributed by atoms with Crippen LogP contribution in [-0.2, 0) is 19.1 Å². The van der Waals surface area contributed by atoms with E-state index in [0.717, 1.165) is 12.8 Å². The maximum Gasteiger partial charge on any atom is 0.309 e. The lowest BCUT2D eigenvalue weighted by Crippen LogP contribution is -3.00. The van der Waals surface area contributed by atoms with Crippen molar-refractivity contribution in [1.82, 2.24) is 0 Å². The summed E-state index contributed by atoms with van der Waals surface area (Å²) in [5.41, 5.74) is 0. The average molecular weight is 436 g/mol. The molecule has 0 aromatic heterocycles. The summed E-state index contributed by atoms with van der Waals surface area (Å²) in [6.45, 7) is 7.26. The van der Waals surface area contributed by atoms with Crippen LogP contribution in [-0.4, -0.2) is 56.8 Å². The molecule has 1 unspecified atom stereocenters. The van der Waals surface area contributed by atoms with E-state index >= 15 is 0 Å². The quantitative estimate of drug-likeness (QED) is 0.199. The van der Waals surface area contributed by atoms with Gasteiger partial charge in [0.25, 0.3) is 0 Å². The molecule has 0 amide bonds. The number of rotatable bonds is 17. The van der Waals surface area contributed by atoms with Crippen LogP contribution in [0.3, 0.4) is 0 Å². The third-order valence-electron chi connectivity index (χ3n) is 4.53. The summed E-state index contributed by atoms with van der Waals surface area (Å²) in [7, 11) is 6.07. The lowest BCUT2D eigenvalue weighted by molar-refractivity contribution is -0.873. The van der Waals surface area contributed by atoms with Crippen molar-refractivity contribution in [2.24, 2.45) is 5.92 Å². The molecule has 0 heterocycles. The van der Waals surface area contributed by atoms with Crippen LogP contribution in [0.15, 0.2) is 0 Å². The van der Waals surface area contributed by atoms with Gasteiger partial charge >= 0.3 is 11.9 Å². The Kier molecular flexibility index (Phi) is 18.9. The van der Waals surface area contributed by atoms with Crippen LogP contribution in [0.5, 0.6) is 0 Å². The zero-order chi connectivity index (χ0) is 21.4. The van der Waals surface area contributed by atoms with Gasteiger partial charge in [-0.1, -0.05) is 72.1 Å². The Labute approximate surface area is 185 Å². The smallest absolute Gasteiger partial charge is 0.309 e. The summed E-state index contributed by atoms with van der Waals surface area (Å²) in [6.07, 6.45) is 11.2. The predicted molar refractivity (Wildman–Crippen MR) is 115 cm³/mol. The molecule has 0 fully saturated rings. The molecule has 29 heavy (non-hydrogen) atoms. The summed E-state index contributed by atoms with van der Waals surface area (Å²) >= 11 is 0. The molecule has 0 aliphatic rings. The standard InChI is InChI=1S/C23H46NO4.ClH/c1-7-8-9-10-11-12-13-14-15-16-27-22(25)18-21(19-24(4,5)6)28-23(26)17-20(2)3;/h20-21H,7-19H2,1-6H3;1H/q+1;/p-1. The number of halogens is 1. The van der Waals surface area contributed by atoms with Crippen molar-refractivity contribution in [2.75, 3.05) is 34.3 Å². The largest absolute Gasteiger partial charge is 1.00 e. The fourth-order valence-electron chi connectivity index (χ4n) is 3.17. The van der Waals surface area contributed by atoms with Gasteiger partial charge in [-0.25, -0.2) is 0 Å². The van der Waals surface area contributed by atoms with Crippen molar-refractivity contribution in [2.45, 2.75) is 97.5 Å². The van der Waals surface area contributed by atoms with Crippen LogP contribution in [0.1, 0.15) is 91.4 Å². The van der Waals surface area contributed by atoms with Crippen LogP contribution in [0.2, 0.25) is 0 Å². The molecule has 0 aromatic rings. The van der Waals surface area contributed by atoms with Gasteiger partial charge in [0.15, 0.2) is 6.10 Å². The number of ether oxygens (including phenoxy) is 2. The Bertz CT molecular complexity index is 422. The van der Waals surface area contributed by atoms with Gasteiger partial charge < -0.3 is 26.4 Å². The first-order chi connectivity index (χ1) is 13.1. The number of esters is 2. The topological polar surface area (TPSA) is 52.6 Å². The lowest BCUT2D eigenvalue weighted by atomic mass is 10.1. The minimum atomic E-state index is -0.429. The summed E-state index contributed by atoms with van der Waals surface area (Å²) in [6, 6.07) is 0. The Balaban J connectivity index is 0. The highest BCUT2D eigenvalue weighted by Gasteiger charge is 2.25. The Hall–Kier alpha value is -0.810. The van der Waals surface area contributed by atoms with E-state index in [1.54, 1.807) is 0 Å². The Morgan fingerprint density at radius 3 is 1.79 bits per heavy atom. The van der Waals surface area contributed by atoms with Gasteiger partial charge in [-0.3, -0.25) is 9.59 Å². The molecule has 5 nitrogen and oxygen atoms in total. The molecule has 0 bridgehead atoms. The number of unbranched alkanes of at least 4 members (excludes halogenated alkanes) is 8. The molecule has 0 spiro atoms. The summed E-state index contributed by atoms with van der Waals surface area (Å²) in [4.78, 5) is 24.2. The van der Waals surface area contributed by atoms with E-state index in [2.05, 4.69) is 6.92 Å². The molecule has 0 rings (SSSR count). The fraction of sp³-hybridized carbons (Fsp3) is 0.913. The number of quaternary nitrogens is 1. The van der Waals surface area contributed by atoms with Crippen LogP contribution in [0.25, 0.3) is 0 Å². The fourth-order valence-corrected chi connectivity index (χ4v) is 3.17. The second-order valence-corrected chi connectivity index (χ2v) is 9.44. The van der Waals surface area contributed by atoms with E-state index in [-0.39, 0.29) is 36.7 Å². The minimum absolute atomic E-state index is 0. The number of likely N-dealkylation sites (N-methyl/N-ethyl adjacent to an activating group) is 1. The number of hydrogen-bond donors (Lipinski definition) is 0. The first kappa shape index (κ1) is 30.4. The molecule has 0 aromatic carbocycles. The molecular weight excluding hydrogens is 390 g/mol. The van der Waals surface area contributed by atoms with Crippen LogP contribution < -0.4 is 12.4 Å². The number of nitrogens with zero attached hydrogens (tertiary/aromatic N) is 1. The van der Waals surface area contributed by atoms with Gasteiger partial charge in [-0.2, -0.15) is 0 Å². The number of carbonyl (C=O) groups excluding carboxylic acids is 2. The van der Waals surface area contributed by atoms with Gasteiger partial charge in [0.05, 0.1) is 34.2 Å². The zero-order valence-electron chi connectivity index (χ0n) is 19.8. The molecule has 0 aliphatic carbocycles. The highest BCUT2D eigenvalue weighted by Crippen LogP contribution is 2.12. The maximum atomic E-state index is 12.2. The molecular formula is C23H46ClNO4. The molecule has 0 saturated heterocycles. The highest BCUT2D eigenvalue weighted by molar-refractivity contribution is 5.72. The van der Waals surface area contributed by atoms with Crippen molar-refractivity contribution < 1.29 is 36.0 Å². The SMILES string of the molecule is CCCCCCCCCCCOC(=O)CC(C[N+](C)(C)C)OC(=O)CC(C)C.[Cl-]. The van der Waals surface area contributed by atoms with Gasteiger partial charge in [0.2, 0.25) is 0 Å². The van der Waals surface area contributed by atoms with Crippen LogP contribution >= 0.6 is 0 Å². The van der Waals surface area contributed by atoms with Crippen molar-refractivity contribution in [3.05, 3.63) is 0 Å². The molecule has 0 radical (unpaired) electrons. The predicted octanol–water partition coefficient (Wildman–Crippen LogP) is 2.12. The van der Waals surface area contributed by atoms with E-state index in [1.165, 1.54) is 44.9 Å². The van der Waals surface area contributed by atoms with Crippen molar-refractivity contribution in [3.8, 4) is 0 Å². The van der Waals surface area contributed by atoms with E-state index in [0.29, 0.717) is 24.1 Å². The van der Waals surface area contributed by atoms with E-state index in [1.807, 2.05) is 35.0 Å². The summed E-state index contributed by atoms with van der Waals surface area (Å²) in [5.74, 6) is -0.258. The van der Waals surface area contributed by atoms with E-state index in [4.69, 9.17) is 9.47 Å². The van der Waals surface area contributed by atoms with Crippen molar-refractivity contribution >= 4 is 11.9 Å². The van der Waals surface area contributed by atoms with E-state index < -0.39 is 6.10 Å². The Morgan fingerprint density at radius 2 is 1.31 bits per heavy atom. The molecule has 6 heteroatoms. The first-order valence-electron chi connectivity index (χ1n) is 11.3. The monoisotopic (exact) mass is 435 g/mol. The molecule has 0 saturated carbocycles. The van der Waals surface area contributed by atoms with Gasteiger partial charge in [0.1, 0.15) is 6.54 Å². The van der Waals surface area contributed by atoms with Crippen molar-refractivity contribution in [1.29, 1.82) is 0 Å². The molecule has 0 N–H and O–H groups in total. The highest BCUT2D eigenvalue weighted by atomic mass is 35.5. The second kappa shape index (κ2) is 18.0. The zero-order valence-corrected chi connectivity index (χ0v) is 20.6. The molecule has 1 atom stereocenters. The summed E-state index contributed by atoms with van der Waals surface area (Å²) in [5, 5.41) is 0. The van der Waals surface area contributed by atoms with Gasteiger partial charge in [-0.15, -0.1) is 0 Å². The normalized spacial score (nSPS) is 12.4. The van der Waals surface area contributed by atoms with Gasteiger partial charge in [0, 0.05) is 6.42 Å². The minimum Gasteiger partial charge on any atom is -1.00 e. The summed E-state index contributed by atoms with van der Waals surface area (Å²) < 4.78 is 11.6. The third-order valence-corrected chi connectivity index (χ3v) is 4.53.